The molecule has 1 unspecified atom stereocenters. The number of hydrogen-bond acceptors (Lipinski definition) is 6. The lowest BCUT2D eigenvalue weighted by Gasteiger charge is -2.36. The normalized spacial score (nSPS) is 23.5. The van der Waals surface area contributed by atoms with Gasteiger partial charge in [-0.3, -0.25) is 24.5 Å². The summed E-state index contributed by atoms with van der Waals surface area (Å²) in [7, 11) is 1.93. The second kappa shape index (κ2) is 13.4. The number of nitrogens with one attached hydrogen (secondary N) is 1. The first-order valence-electron chi connectivity index (χ1n) is 16.0. The van der Waals surface area contributed by atoms with Gasteiger partial charge in [0.2, 0.25) is 11.8 Å². The summed E-state index contributed by atoms with van der Waals surface area (Å²) in [6.07, 6.45) is 10.1. The number of carbonyl (C=O) groups is 2. The number of piperidine rings is 1. The number of hydrogen-bond donors (Lipinski definition) is 1. The Morgan fingerprint density at radius 1 is 0.977 bits per heavy atom. The molecule has 2 saturated heterocycles. The predicted molar refractivity (Wildman–Crippen MR) is 174 cm³/mol. The van der Waals surface area contributed by atoms with Gasteiger partial charge in [0.15, 0.2) is 0 Å². The summed E-state index contributed by atoms with van der Waals surface area (Å²) in [5.41, 5.74) is 4.24. The topological polar surface area (TPSA) is 79.7 Å². The molecule has 1 N–H and O–H groups in total. The zero-order chi connectivity index (χ0) is 29.9. The Labute approximate surface area is 263 Å². The van der Waals surface area contributed by atoms with Gasteiger partial charge in [0, 0.05) is 55.2 Å². The number of halogens is 1. The molecule has 0 spiro atoms. The smallest absolute Gasteiger partial charge is 0.235 e. The lowest BCUT2D eigenvalue weighted by Crippen LogP contribution is -2.46. The van der Waals surface area contributed by atoms with E-state index in [9.17, 15) is 9.59 Å². The van der Waals surface area contributed by atoms with Crippen LogP contribution >= 0.6 is 15.9 Å². The fraction of sp³-hybridized carbons (Fsp3) is 0.559. The molecule has 6 rings (SSSR count). The highest BCUT2D eigenvalue weighted by molar-refractivity contribution is 9.10. The van der Waals surface area contributed by atoms with Crippen LogP contribution in [0, 0.1) is 12.8 Å². The highest BCUT2D eigenvalue weighted by Crippen LogP contribution is 2.34. The largest absolute Gasteiger partial charge is 0.490 e. The second-order valence-electron chi connectivity index (χ2n) is 12.7. The van der Waals surface area contributed by atoms with Crippen molar-refractivity contribution >= 4 is 44.3 Å². The van der Waals surface area contributed by atoms with E-state index < -0.39 is 0 Å². The number of aromatic nitrogens is 2. The highest BCUT2D eigenvalue weighted by Gasteiger charge is 2.32. The molecule has 3 aliphatic rings. The second-order valence-corrected chi connectivity index (χ2v) is 13.6. The van der Waals surface area contributed by atoms with E-state index in [0.29, 0.717) is 18.9 Å². The molecule has 0 radical (unpaired) electrons. The predicted octanol–water partition coefficient (Wildman–Crippen LogP) is 6.09. The number of ether oxygens (including phenoxy) is 1. The fourth-order valence-electron chi connectivity index (χ4n) is 7.10. The number of nitrogens with zero attached hydrogens (tertiary/aromatic N) is 4. The van der Waals surface area contributed by atoms with Gasteiger partial charge in [-0.25, -0.2) is 0 Å². The third kappa shape index (κ3) is 7.09. The standard InChI is InChI=1S/C34H44BrN5O3/c1-23-21-27(11-14-30(23)35)43-26-9-6-24(7-10-26)5-3-4-16-39-17-19-40(20-18-39)25-8-12-28-31(22-25)38(2)37-33(28)29-13-15-32(41)36-34(29)42/h8,11-12,14,21-22,24,26,29H,3-7,9-10,13,15-20H2,1-2H3,(H,36,41,42). The molecule has 1 aliphatic carbocycles. The number of fused-ring (bicyclic) bond motifs is 1. The summed E-state index contributed by atoms with van der Waals surface area (Å²) in [5.74, 6) is 1.05. The Balaban J connectivity index is 0.914. The van der Waals surface area contributed by atoms with Crippen molar-refractivity contribution in [3.05, 3.63) is 52.1 Å². The van der Waals surface area contributed by atoms with E-state index in [2.05, 4.69) is 74.4 Å². The fourth-order valence-corrected chi connectivity index (χ4v) is 7.35. The lowest BCUT2D eigenvalue weighted by molar-refractivity contribution is -0.134. The maximum Gasteiger partial charge on any atom is 0.235 e. The van der Waals surface area contributed by atoms with E-state index in [4.69, 9.17) is 9.84 Å². The van der Waals surface area contributed by atoms with E-state index in [0.717, 1.165) is 58.9 Å². The molecule has 9 heteroatoms. The van der Waals surface area contributed by atoms with Gasteiger partial charge in [0.1, 0.15) is 5.75 Å². The number of piperazine rings is 1. The van der Waals surface area contributed by atoms with Gasteiger partial charge >= 0.3 is 0 Å². The zero-order valence-corrected chi connectivity index (χ0v) is 27.1. The minimum Gasteiger partial charge on any atom is -0.490 e. The molecule has 2 aromatic carbocycles. The van der Waals surface area contributed by atoms with Crippen molar-refractivity contribution in [3.63, 3.8) is 0 Å². The highest BCUT2D eigenvalue weighted by atomic mass is 79.9. The van der Waals surface area contributed by atoms with Crippen molar-refractivity contribution in [2.75, 3.05) is 37.6 Å². The van der Waals surface area contributed by atoms with Crippen LogP contribution in [0.15, 0.2) is 40.9 Å². The molecule has 3 fully saturated rings. The molecule has 1 aromatic heterocycles. The molecule has 230 valence electrons. The number of carbonyl (C=O) groups excluding carboxylic acids is 2. The van der Waals surface area contributed by atoms with Crippen LogP contribution in [-0.2, 0) is 16.6 Å². The molecule has 1 atom stereocenters. The van der Waals surface area contributed by atoms with Crippen molar-refractivity contribution in [1.29, 1.82) is 0 Å². The number of unbranched alkanes of at least 4 members (excludes halogenated alkanes) is 1. The van der Waals surface area contributed by atoms with E-state index in [1.54, 1.807) is 0 Å². The van der Waals surface area contributed by atoms with Crippen LogP contribution in [0.4, 0.5) is 5.69 Å². The number of aryl methyl sites for hydroxylation is 2. The SMILES string of the molecule is Cc1cc(OC2CCC(CCCCN3CCN(c4ccc5c(C6CCC(=O)NC6=O)nn(C)c5c4)CC3)CC2)ccc1Br. The van der Waals surface area contributed by atoms with Crippen LogP contribution < -0.4 is 15.0 Å². The average Bonchev–Trinajstić information content (AvgIpc) is 3.33. The molecule has 3 heterocycles. The van der Waals surface area contributed by atoms with E-state index in [1.807, 2.05) is 11.7 Å². The van der Waals surface area contributed by atoms with Crippen LogP contribution in [-0.4, -0.2) is 65.3 Å². The Kier molecular flexibility index (Phi) is 9.38. The van der Waals surface area contributed by atoms with Gasteiger partial charge in [0.05, 0.1) is 23.2 Å². The Hall–Kier alpha value is -2.91. The minimum atomic E-state index is -0.369. The summed E-state index contributed by atoms with van der Waals surface area (Å²) in [6, 6.07) is 12.8. The average molecular weight is 651 g/mol. The molecule has 8 nitrogen and oxygen atoms in total. The Bertz CT molecular complexity index is 1460. The minimum absolute atomic E-state index is 0.195. The third-order valence-electron chi connectivity index (χ3n) is 9.73. The number of rotatable bonds is 9. The van der Waals surface area contributed by atoms with Gasteiger partial charge in [-0.1, -0.05) is 28.8 Å². The number of amides is 2. The monoisotopic (exact) mass is 649 g/mol. The maximum atomic E-state index is 12.5. The molecule has 0 bridgehead atoms. The number of anilines is 1. The van der Waals surface area contributed by atoms with Crippen molar-refractivity contribution in [3.8, 4) is 5.75 Å². The first-order chi connectivity index (χ1) is 20.8. The third-order valence-corrected chi connectivity index (χ3v) is 10.6. The van der Waals surface area contributed by atoms with Gasteiger partial charge < -0.3 is 9.64 Å². The van der Waals surface area contributed by atoms with Gasteiger partial charge in [-0.15, -0.1) is 0 Å². The van der Waals surface area contributed by atoms with Crippen molar-refractivity contribution in [2.45, 2.75) is 76.7 Å². The van der Waals surface area contributed by atoms with Gasteiger partial charge in [-0.2, -0.15) is 5.10 Å². The van der Waals surface area contributed by atoms with Crippen LogP contribution in [0.2, 0.25) is 0 Å². The number of benzene rings is 2. The van der Waals surface area contributed by atoms with Crippen LogP contribution in [0.5, 0.6) is 5.75 Å². The quantitative estimate of drug-likeness (QED) is 0.223. The van der Waals surface area contributed by atoms with Gasteiger partial charge in [0.25, 0.3) is 0 Å². The number of imide groups is 1. The van der Waals surface area contributed by atoms with Crippen molar-refractivity contribution < 1.29 is 14.3 Å². The molecular weight excluding hydrogens is 606 g/mol. The maximum absolute atomic E-state index is 12.5. The van der Waals surface area contributed by atoms with Gasteiger partial charge in [-0.05, 0) is 99.9 Å². The molecule has 43 heavy (non-hydrogen) atoms. The molecule has 1 saturated carbocycles. The molecule has 2 aliphatic heterocycles. The Morgan fingerprint density at radius 2 is 1.77 bits per heavy atom. The van der Waals surface area contributed by atoms with Crippen LogP contribution in [0.1, 0.15) is 75.0 Å². The summed E-state index contributed by atoms with van der Waals surface area (Å²) >= 11 is 3.57. The first-order valence-corrected chi connectivity index (χ1v) is 16.8. The van der Waals surface area contributed by atoms with E-state index >= 15 is 0 Å². The summed E-state index contributed by atoms with van der Waals surface area (Å²) in [4.78, 5) is 29.1. The Morgan fingerprint density at radius 3 is 2.51 bits per heavy atom. The molecular formula is C34H44BrN5O3. The first kappa shape index (κ1) is 30.1. The van der Waals surface area contributed by atoms with Crippen LogP contribution in [0.3, 0.4) is 0 Å². The van der Waals surface area contributed by atoms with E-state index in [1.165, 1.54) is 62.7 Å². The van der Waals surface area contributed by atoms with Crippen LogP contribution in [0.25, 0.3) is 10.9 Å². The van der Waals surface area contributed by atoms with Crippen molar-refractivity contribution in [2.24, 2.45) is 13.0 Å². The summed E-state index contributed by atoms with van der Waals surface area (Å²) in [5, 5.41) is 8.17. The summed E-state index contributed by atoms with van der Waals surface area (Å²) in [6.45, 7) is 7.51. The van der Waals surface area contributed by atoms with E-state index in [-0.39, 0.29) is 17.7 Å². The van der Waals surface area contributed by atoms with Crippen molar-refractivity contribution in [1.82, 2.24) is 20.0 Å². The molecule has 2 amide bonds. The summed E-state index contributed by atoms with van der Waals surface area (Å²) < 4.78 is 9.29. The molecule has 3 aromatic rings. The lowest BCUT2D eigenvalue weighted by atomic mass is 9.84. The zero-order valence-electron chi connectivity index (χ0n) is 25.5.